The standard InChI is InChI=1S/C20H23N5O3S2/c1-3-25-18(23-24-20(25)29)13-21-19(26)17-11-16(10-9-14(17)2)30(27,28)22-12-15-7-5-4-6-8-15/h4-11,22H,3,12-13H2,1-2H3,(H,21,26)(H,24,29). The first kappa shape index (κ1) is 21.9. The minimum absolute atomic E-state index is 0.0328. The molecule has 158 valence electrons. The summed E-state index contributed by atoms with van der Waals surface area (Å²) in [5.74, 6) is 0.214. The Morgan fingerprint density at radius 3 is 2.60 bits per heavy atom. The summed E-state index contributed by atoms with van der Waals surface area (Å²) in [5, 5.41) is 9.58. The predicted octanol–water partition coefficient (Wildman–Crippen LogP) is 2.68. The van der Waals surface area contributed by atoms with Gasteiger partial charge in [-0.05, 0) is 49.3 Å². The summed E-state index contributed by atoms with van der Waals surface area (Å²) in [6.07, 6.45) is 0. The van der Waals surface area contributed by atoms with Gasteiger partial charge in [-0.2, -0.15) is 5.10 Å². The Labute approximate surface area is 180 Å². The molecular weight excluding hydrogens is 422 g/mol. The van der Waals surface area contributed by atoms with Crippen molar-refractivity contribution in [2.24, 2.45) is 0 Å². The Kier molecular flexibility index (Phi) is 6.80. The van der Waals surface area contributed by atoms with Gasteiger partial charge in [0.2, 0.25) is 10.0 Å². The molecule has 1 amide bonds. The van der Waals surface area contributed by atoms with E-state index in [1.807, 2.05) is 37.3 Å². The van der Waals surface area contributed by atoms with E-state index >= 15 is 0 Å². The molecule has 0 saturated heterocycles. The quantitative estimate of drug-likeness (QED) is 0.462. The number of carbonyl (C=O) groups excluding carboxylic acids is 1. The van der Waals surface area contributed by atoms with Crippen molar-refractivity contribution in [3.63, 3.8) is 0 Å². The van der Waals surface area contributed by atoms with Gasteiger partial charge in [-0.15, -0.1) is 0 Å². The van der Waals surface area contributed by atoms with E-state index in [0.717, 1.165) is 5.56 Å². The van der Waals surface area contributed by atoms with Crippen LogP contribution in [0.5, 0.6) is 0 Å². The van der Waals surface area contributed by atoms with Gasteiger partial charge in [-0.1, -0.05) is 36.4 Å². The maximum Gasteiger partial charge on any atom is 0.251 e. The molecule has 1 aromatic heterocycles. The summed E-state index contributed by atoms with van der Waals surface area (Å²) in [5.41, 5.74) is 1.80. The molecule has 0 radical (unpaired) electrons. The second-order valence-corrected chi connectivity index (χ2v) is 8.81. The van der Waals surface area contributed by atoms with Gasteiger partial charge < -0.3 is 9.88 Å². The molecule has 0 spiro atoms. The normalized spacial score (nSPS) is 11.4. The van der Waals surface area contributed by atoms with Crippen LogP contribution in [0.2, 0.25) is 0 Å². The lowest BCUT2D eigenvalue weighted by atomic mass is 10.1. The molecule has 8 nitrogen and oxygen atoms in total. The van der Waals surface area contributed by atoms with Crippen LogP contribution in [0.4, 0.5) is 0 Å². The number of sulfonamides is 1. The zero-order valence-electron chi connectivity index (χ0n) is 16.7. The largest absolute Gasteiger partial charge is 0.345 e. The molecule has 2 aromatic carbocycles. The lowest BCUT2D eigenvalue weighted by molar-refractivity contribution is 0.0948. The smallest absolute Gasteiger partial charge is 0.251 e. The van der Waals surface area contributed by atoms with Crippen molar-refractivity contribution < 1.29 is 13.2 Å². The van der Waals surface area contributed by atoms with Crippen molar-refractivity contribution in [2.75, 3.05) is 0 Å². The van der Waals surface area contributed by atoms with Crippen LogP contribution in [0.15, 0.2) is 53.4 Å². The molecule has 0 fully saturated rings. The number of nitrogens with zero attached hydrogens (tertiary/aromatic N) is 2. The van der Waals surface area contributed by atoms with Gasteiger partial charge in [-0.3, -0.25) is 9.89 Å². The fourth-order valence-electron chi connectivity index (χ4n) is 2.94. The molecular formula is C20H23N5O3S2. The highest BCUT2D eigenvalue weighted by atomic mass is 32.2. The molecule has 0 bridgehead atoms. The molecule has 0 unspecified atom stereocenters. The number of aromatic amines is 1. The number of aryl methyl sites for hydroxylation is 1. The van der Waals surface area contributed by atoms with E-state index in [2.05, 4.69) is 20.2 Å². The number of carbonyl (C=O) groups is 1. The minimum Gasteiger partial charge on any atom is -0.345 e. The first-order chi connectivity index (χ1) is 14.3. The van der Waals surface area contributed by atoms with Crippen LogP contribution in [0.1, 0.15) is 34.2 Å². The Bertz CT molecular complexity index is 1200. The predicted molar refractivity (Wildman–Crippen MR) is 116 cm³/mol. The number of rotatable bonds is 8. The van der Waals surface area contributed by atoms with Crippen LogP contribution in [-0.4, -0.2) is 29.1 Å². The maximum absolute atomic E-state index is 12.7. The fourth-order valence-corrected chi connectivity index (χ4v) is 4.26. The topological polar surface area (TPSA) is 109 Å². The number of hydrogen-bond acceptors (Lipinski definition) is 5. The average molecular weight is 446 g/mol. The van der Waals surface area contributed by atoms with Crippen molar-refractivity contribution in [3.05, 3.63) is 75.8 Å². The molecule has 0 atom stereocenters. The Morgan fingerprint density at radius 1 is 1.17 bits per heavy atom. The van der Waals surface area contributed by atoms with Crippen molar-refractivity contribution in [1.29, 1.82) is 0 Å². The molecule has 0 aliphatic heterocycles. The van der Waals surface area contributed by atoms with E-state index in [9.17, 15) is 13.2 Å². The van der Waals surface area contributed by atoms with Gasteiger partial charge in [0.25, 0.3) is 5.91 Å². The first-order valence-corrected chi connectivity index (χ1v) is 11.3. The maximum atomic E-state index is 12.7. The number of hydrogen-bond donors (Lipinski definition) is 3. The summed E-state index contributed by atoms with van der Waals surface area (Å²) < 4.78 is 30.2. The average Bonchev–Trinajstić information content (AvgIpc) is 3.11. The minimum atomic E-state index is -3.77. The zero-order valence-corrected chi connectivity index (χ0v) is 18.3. The van der Waals surface area contributed by atoms with E-state index in [-0.39, 0.29) is 29.5 Å². The van der Waals surface area contributed by atoms with E-state index in [1.54, 1.807) is 17.6 Å². The Morgan fingerprint density at radius 2 is 1.90 bits per heavy atom. The summed E-state index contributed by atoms with van der Waals surface area (Å²) in [4.78, 5) is 12.7. The van der Waals surface area contributed by atoms with Crippen LogP contribution in [0.3, 0.4) is 0 Å². The van der Waals surface area contributed by atoms with Crippen molar-refractivity contribution in [1.82, 2.24) is 24.8 Å². The highest BCUT2D eigenvalue weighted by Crippen LogP contribution is 2.16. The van der Waals surface area contributed by atoms with Gasteiger partial charge in [0.15, 0.2) is 10.6 Å². The van der Waals surface area contributed by atoms with Crippen molar-refractivity contribution >= 4 is 28.1 Å². The van der Waals surface area contributed by atoms with Gasteiger partial charge in [0.05, 0.1) is 11.4 Å². The van der Waals surface area contributed by atoms with Gasteiger partial charge >= 0.3 is 0 Å². The second kappa shape index (κ2) is 9.33. The van der Waals surface area contributed by atoms with E-state index in [0.29, 0.717) is 22.7 Å². The molecule has 0 aliphatic rings. The molecule has 3 aromatic rings. The third-order valence-corrected chi connectivity index (χ3v) is 6.34. The molecule has 1 heterocycles. The highest BCUT2D eigenvalue weighted by molar-refractivity contribution is 7.89. The molecule has 3 rings (SSSR count). The van der Waals surface area contributed by atoms with Crippen LogP contribution in [0.25, 0.3) is 0 Å². The Hall–Kier alpha value is -2.82. The van der Waals surface area contributed by atoms with Crippen LogP contribution in [-0.2, 0) is 29.7 Å². The monoisotopic (exact) mass is 445 g/mol. The molecule has 30 heavy (non-hydrogen) atoms. The summed E-state index contributed by atoms with van der Waals surface area (Å²) in [7, 11) is -3.77. The third kappa shape index (κ3) is 5.02. The zero-order chi connectivity index (χ0) is 21.7. The number of amides is 1. The summed E-state index contributed by atoms with van der Waals surface area (Å²) >= 11 is 5.14. The first-order valence-electron chi connectivity index (χ1n) is 9.38. The third-order valence-electron chi connectivity index (χ3n) is 4.63. The van der Waals surface area contributed by atoms with Gasteiger partial charge in [0.1, 0.15) is 0 Å². The number of aromatic nitrogens is 3. The van der Waals surface area contributed by atoms with E-state index < -0.39 is 10.0 Å². The van der Waals surface area contributed by atoms with E-state index in [4.69, 9.17) is 12.2 Å². The van der Waals surface area contributed by atoms with Crippen molar-refractivity contribution in [2.45, 2.75) is 38.4 Å². The molecule has 3 N–H and O–H groups in total. The Balaban J connectivity index is 1.75. The lowest BCUT2D eigenvalue weighted by Gasteiger charge is -2.11. The molecule has 10 heteroatoms. The van der Waals surface area contributed by atoms with Gasteiger partial charge in [0, 0.05) is 18.7 Å². The SMILES string of the molecule is CCn1c(CNC(=O)c2cc(S(=O)(=O)NCc3ccccc3)ccc2C)n[nH]c1=S. The van der Waals surface area contributed by atoms with Crippen molar-refractivity contribution in [3.8, 4) is 0 Å². The highest BCUT2D eigenvalue weighted by Gasteiger charge is 2.18. The lowest BCUT2D eigenvalue weighted by Crippen LogP contribution is -2.27. The van der Waals surface area contributed by atoms with Crippen LogP contribution < -0.4 is 10.0 Å². The molecule has 0 aliphatic carbocycles. The van der Waals surface area contributed by atoms with Crippen LogP contribution >= 0.6 is 12.2 Å². The number of benzene rings is 2. The summed E-state index contributed by atoms with van der Waals surface area (Å²) in [6, 6.07) is 13.7. The molecule has 0 saturated carbocycles. The van der Waals surface area contributed by atoms with Gasteiger partial charge in [-0.25, -0.2) is 13.1 Å². The number of nitrogens with one attached hydrogen (secondary N) is 3. The van der Waals surface area contributed by atoms with E-state index in [1.165, 1.54) is 12.1 Å². The van der Waals surface area contributed by atoms with Crippen LogP contribution in [0, 0.1) is 11.7 Å². The fraction of sp³-hybridized carbons (Fsp3) is 0.250. The second-order valence-electron chi connectivity index (χ2n) is 6.66. The summed E-state index contributed by atoms with van der Waals surface area (Å²) in [6.45, 7) is 4.64. The number of H-pyrrole nitrogens is 1.